The van der Waals surface area contributed by atoms with Crippen LogP contribution in [-0.2, 0) is 4.74 Å². The highest BCUT2D eigenvalue weighted by molar-refractivity contribution is 5.27. The second-order valence-electron chi connectivity index (χ2n) is 3.62. The monoisotopic (exact) mass is 196 g/mol. The Morgan fingerprint density at radius 2 is 2.07 bits per heavy atom. The van der Waals surface area contributed by atoms with Gasteiger partial charge in [-0.25, -0.2) is 4.39 Å². The molecule has 2 atom stereocenters. The lowest BCUT2D eigenvalue weighted by molar-refractivity contribution is 0.155. The van der Waals surface area contributed by atoms with Crippen LogP contribution in [0.15, 0.2) is 24.3 Å². The van der Waals surface area contributed by atoms with E-state index in [-0.39, 0.29) is 11.7 Å². The molecule has 1 aromatic rings. The van der Waals surface area contributed by atoms with Crippen LogP contribution in [0.2, 0.25) is 0 Å². The lowest BCUT2D eigenvalue weighted by Gasteiger charge is -2.13. The van der Waals surface area contributed by atoms with E-state index in [1.54, 1.807) is 12.1 Å². The van der Waals surface area contributed by atoms with Crippen LogP contribution in [0.25, 0.3) is 0 Å². The molecule has 2 unspecified atom stereocenters. The van der Waals surface area contributed by atoms with E-state index in [2.05, 4.69) is 0 Å². The maximum absolute atomic E-state index is 13.8. The van der Waals surface area contributed by atoms with Gasteiger partial charge in [-0.05, 0) is 24.1 Å². The molecule has 2 rings (SSSR count). The first-order valence-corrected chi connectivity index (χ1v) is 4.78. The number of hydrogen-bond donors (Lipinski definition) is 1. The highest BCUT2D eigenvalue weighted by Crippen LogP contribution is 2.32. The van der Waals surface area contributed by atoms with E-state index in [9.17, 15) is 4.39 Å². The average molecular weight is 196 g/mol. The van der Waals surface area contributed by atoms with E-state index in [4.69, 9.17) is 9.84 Å². The number of hydrogen-bond acceptors (Lipinski definition) is 2. The third-order valence-electron chi connectivity index (χ3n) is 2.59. The van der Waals surface area contributed by atoms with E-state index >= 15 is 0 Å². The highest BCUT2D eigenvalue weighted by Gasteiger charge is 2.26. The molecule has 14 heavy (non-hydrogen) atoms. The SMILES string of the molecule is Oc1ccc(C(F)C2CCOC2)cc1. The second kappa shape index (κ2) is 3.96. The number of aromatic hydroxyl groups is 1. The molecule has 1 fully saturated rings. The van der Waals surface area contributed by atoms with Crippen molar-refractivity contribution < 1.29 is 14.2 Å². The minimum absolute atomic E-state index is 0.0282. The molecule has 0 aromatic heterocycles. The van der Waals surface area contributed by atoms with Crippen molar-refractivity contribution in [2.75, 3.05) is 13.2 Å². The van der Waals surface area contributed by atoms with Crippen molar-refractivity contribution in [3.63, 3.8) is 0 Å². The summed E-state index contributed by atoms with van der Waals surface area (Å²) in [4.78, 5) is 0. The summed E-state index contributed by atoms with van der Waals surface area (Å²) in [7, 11) is 0. The smallest absolute Gasteiger partial charge is 0.130 e. The third-order valence-corrected chi connectivity index (χ3v) is 2.59. The van der Waals surface area contributed by atoms with Crippen LogP contribution in [0.3, 0.4) is 0 Å². The molecule has 0 spiro atoms. The molecule has 76 valence electrons. The summed E-state index contributed by atoms with van der Waals surface area (Å²) in [5.41, 5.74) is 0.623. The lowest BCUT2D eigenvalue weighted by atomic mass is 9.96. The van der Waals surface area contributed by atoms with E-state index in [1.807, 2.05) is 0 Å². The topological polar surface area (TPSA) is 29.5 Å². The van der Waals surface area contributed by atoms with Gasteiger partial charge in [-0.3, -0.25) is 0 Å². The van der Waals surface area contributed by atoms with Crippen LogP contribution >= 0.6 is 0 Å². The van der Waals surface area contributed by atoms with Gasteiger partial charge in [-0.1, -0.05) is 12.1 Å². The number of benzene rings is 1. The van der Waals surface area contributed by atoms with Crippen molar-refractivity contribution in [3.05, 3.63) is 29.8 Å². The molecule has 2 nitrogen and oxygen atoms in total. The predicted molar refractivity (Wildman–Crippen MR) is 50.9 cm³/mol. The van der Waals surface area contributed by atoms with Gasteiger partial charge in [0.2, 0.25) is 0 Å². The van der Waals surface area contributed by atoms with Gasteiger partial charge in [0.25, 0.3) is 0 Å². The molecule has 1 aliphatic heterocycles. The quantitative estimate of drug-likeness (QED) is 0.787. The van der Waals surface area contributed by atoms with Crippen molar-refractivity contribution in [1.29, 1.82) is 0 Å². The number of alkyl halides is 1. The zero-order chi connectivity index (χ0) is 9.97. The van der Waals surface area contributed by atoms with E-state index in [0.717, 1.165) is 6.42 Å². The molecule has 1 heterocycles. The Morgan fingerprint density at radius 3 is 2.64 bits per heavy atom. The molecule has 0 amide bonds. The molecule has 0 saturated carbocycles. The molecule has 0 bridgehead atoms. The Morgan fingerprint density at radius 1 is 1.36 bits per heavy atom. The first-order chi connectivity index (χ1) is 6.77. The van der Waals surface area contributed by atoms with Crippen molar-refractivity contribution in [2.45, 2.75) is 12.6 Å². The largest absolute Gasteiger partial charge is 0.508 e. The molecule has 0 aliphatic carbocycles. The van der Waals surface area contributed by atoms with Crippen molar-refractivity contribution in [2.24, 2.45) is 5.92 Å². The summed E-state index contributed by atoms with van der Waals surface area (Å²) < 4.78 is 18.9. The highest BCUT2D eigenvalue weighted by atomic mass is 19.1. The Kier molecular flexibility index (Phi) is 2.68. The van der Waals surface area contributed by atoms with Crippen molar-refractivity contribution in [1.82, 2.24) is 0 Å². The molecule has 0 radical (unpaired) electrons. The molecule has 1 saturated heterocycles. The molecule has 1 aromatic carbocycles. The van der Waals surface area contributed by atoms with Gasteiger partial charge in [0.1, 0.15) is 11.9 Å². The summed E-state index contributed by atoms with van der Waals surface area (Å²) >= 11 is 0. The van der Waals surface area contributed by atoms with Crippen LogP contribution in [0.5, 0.6) is 5.75 Å². The van der Waals surface area contributed by atoms with E-state index in [0.29, 0.717) is 18.8 Å². The van der Waals surface area contributed by atoms with Crippen LogP contribution in [0.4, 0.5) is 4.39 Å². The Hall–Kier alpha value is -1.09. The fraction of sp³-hybridized carbons (Fsp3) is 0.455. The molecule has 3 heteroatoms. The Bertz CT molecular complexity index is 291. The normalized spacial score (nSPS) is 23.6. The fourth-order valence-corrected chi connectivity index (χ4v) is 1.71. The van der Waals surface area contributed by atoms with Gasteiger partial charge in [-0.2, -0.15) is 0 Å². The van der Waals surface area contributed by atoms with Crippen LogP contribution in [0, 0.1) is 5.92 Å². The van der Waals surface area contributed by atoms with Crippen molar-refractivity contribution >= 4 is 0 Å². The summed E-state index contributed by atoms with van der Waals surface area (Å²) in [6.07, 6.45) is -0.194. The maximum Gasteiger partial charge on any atom is 0.130 e. The molecule has 1 N–H and O–H groups in total. The molecular formula is C11H13FO2. The predicted octanol–water partition coefficient (Wildman–Crippen LogP) is 2.44. The van der Waals surface area contributed by atoms with Gasteiger partial charge in [0.05, 0.1) is 6.61 Å². The summed E-state index contributed by atoms with van der Waals surface area (Å²) in [6, 6.07) is 6.27. The maximum atomic E-state index is 13.8. The van der Waals surface area contributed by atoms with Crippen LogP contribution in [0.1, 0.15) is 18.2 Å². The lowest BCUT2D eigenvalue weighted by Crippen LogP contribution is -2.08. The Balaban J connectivity index is 2.09. The summed E-state index contributed by atoms with van der Waals surface area (Å²) in [5.74, 6) is 0.142. The molecule has 1 aliphatic rings. The minimum Gasteiger partial charge on any atom is -0.508 e. The summed E-state index contributed by atoms with van der Waals surface area (Å²) in [6.45, 7) is 1.16. The zero-order valence-corrected chi connectivity index (χ0v) is 7.82. The van der Waals surface area contributed by atoms with Gasteiger partial charge in [0.15, 0.2) is 0 Å². The standard InChI is InChI=1S/C11H13FO2/c12-11(9-5-6-14-7-9)8-1-3-10(13)4-2-8/h1-4,9,11,13H,5-7H2. The van der Waals surface area contributed by atoms with Gasteiger partial charge < -0.3 is 9.84 Å². The van der Waals surface area contributed by atoms with Crippen molar-refractivity contribution in [3.8, 4) is 5.75 Å². The third kappa shape index (κ3) is 1.87. The number of halogens is 1. The minimum atomic E-state index is -0.974. The number of phenolic OH excluding ortho intramolecular Hbond substituents is 1. The fourth-order valence-electron chi connectivity index (χ4n) is 1.71. The van der Waals surface area contributed by atoms with E-state index < -0.39 is 6.17 Å². The molecular weight excluding hydrogens is 183 g/mol. The van der Waals surface area contributed by atoms with Crippen LogP contribution in [-0.4, -0.2) is 18.3 Å². The first kappa shape index (κ1) is 9.46. The number of rotatable bonds is 2. The number of ether oxygens (including phenoxy) is 1. The van der Waals surface area contributed by atoms with Gasteiger partial charge in [0, 0.05) is 12.5 Å². The first-order valence-electron chi connectivity index (χ1n) is 4.78. The van der Waals surface area contributed by atoms with Gasteiger partial charge >= 0.3 is 0 Å². The second-order valence-corrected chi connectivity index (χ2v) is 3.62. The Labute approximate surface area is 82.3 Å². The van der Waals surface area contributed by atoms with E-state index in [1.165, 1.54) is 12.1 Å². The van der Waals surface area contributed by atoms with Crippen LogP contribution < -0.4 is 0 Å². The average Bonchev–Trinajstić information content (AvgIpc) is 2.71. The van der Waals surface area contributed by atoms with Gasteiger partial charge in [-0.15, -0.1) is 0 Å². The zero-order valence-electron chi connectivity index (χ0n) is 7.82. The summed E-state index contributed by atoms with van der Waals surface area (Å²) in [5, 5.41) is 9.06. The number of phenols is 1.